The Balaban J connectivity index is 0. The lowest BCUT2D eigenvalue weighted by Crippen LogP contribution is -2.09. The Hall–Kier alpha value is -0.790. The highest BCUT2D eigenvalue weighted by molar-refractivity contribution is 5.68. The molecule has 0 rings (SSSR count). The summed E-state index contributed by atoms with van der Waals surface area (Å²) in [7, 11) is 0. The predicted octanol–water partition coefficient (Wildman–Crippen LogP) is 2.93. The van der Waals surface area contributed by atoms with Crippen molar-refractivity contribution in [3.8, 4) is 0 Å². The predicted molar refractivity (Wildman–Crippen MR) is 52.0 cm³/mol. The van der Waals surface area contributed by atoms with E-state index in [-0.39, 0.29) is 12.1 Å². The van der Waals surface area contributed by atoms with Crippen LogP contribution in [0.3, 0.4) is 0 Å². The molecule has 0 aromatic carbocycles. The summed E-state index contributed by atoms with van der Waals surface area (Å²) in [6, 6.07) is 0. The van der Waals surface area contributed by atoms with Crippen LogP contribution in [-0.4, -0.2) is 12.1 Å². The zero-order valence-corrected chi connectivity index (χ0v) is 8.81. The normalized spacial score (nSPS) is 8.50. The van der Waals surface area contributed by atoms with Crippen LogP contribution in [0.25, 0.3) is 0 Å². The maximum absolute atomic E-state index is 10.4. The molecule has 2 heteroatoms. The van der Waals surface area contributed by atoms with Gasteiger partial charge < -0.3 is 4.74 Å². The number of rotatable bonds is 2. The Morgan fingerprint density at radius 3 is 1.83 bits per heavy atom. The van der Waals surface area contributed by atoms with E-state index < -0.39 is 0 Å². The molecule has 0 aromatic rings. The molecule has 0 aliphatic carbocycles. The van der Waals surface area contributed by atoms with Crippen molar-refractivity contribution in [3.63, 3.8) is 0 Å². The Bertz CT molecular complexity index is 133. The molecule has 0 N–H and O–H groups in total. The second-order valence-corrected chi connectivity index (χ2v) is 3.10. The van der Waals surface area contributed by atoms with Gasteiger partial charge in [0.25, 0.3) is 0 Å². The van der Waals surface area contributed by atoms with E-state index in [2.05, 4.69) is 6.58 Å². The van der Waals surface area contributed by atoms with Crippen LogP contribution in [-0.2, 0) is 9.53 Å². The van der Waals surface area contributed by atoms with Gasteiger partial charge in [0, 0.05) is 6.42 Å². The smallest absolute Gasteiger partial charge is 0.305 e. The number of ether oxygens (including phenoxy) is 1. The van der Waals surface area contributed by atoms with E-state index in [1.54, 1.807) is 6.92 Å². The van der Waals surface area contributed by atoms with Gasteiger partial charge in [0.15, 0.2) is 0 Å². The first kappa shape index (κ1) is 13.8. The Morgan fingerprint density at radius 2 is 1.75 bits per heavy atom. The van der Waals surface area contributed by atoms with Crippen LogP contribution >= 0.6 is 0 Å². The highest BCUT2D eigenvalue weighted by Crippen LogP contribution is 1.90. The number of hydrogen-bond donors (Lipinski definition) is 0. The minimum atomic E-state index is -0.125. The third-order valence-corrected chi connectivity index (χ3v) is 0.656. The summed E-state index contributed by atoms with van der Waals surface area (Å²) in [5.41, 5.74) is 1.17. The fourth-order valence-electron chi connectivity index (χ4n) is 0.346. The average molecular weight is 172 g/mol. The maximum atomic E-state index is 10.4. The van der Waals surface area contributed by atoms with Crippen molar-refractivity contribution in [2.45, 2.75) is 47.1 Å². The van der Waals surface area contributed by atoms with Gasteiger partial charge in [-0.15, -0.1) is 6.58 Å². The van der Waals surface area contributed by atoms with Gasteiger partial charge in [-0.3, -0.25) is 4.79 Å². The summed E-state index contributed by atoms with van der Waals surface area (Å²) in [5, 5.41) is 0. The van der Waals surface area contributed by atoms with Gasteiger partial charge in [0.1, 0.15) is 0 Å². The largest absolute Gasteiger partial charge is 0.463 e. The van der Waals surface area contributed by atoms with Crippen molar-refractivity contribution in [1.82, 2.24) is 0 Å². The molecule has 0 aliphatic rings. The third kappa shape index (κ3) is 22.9. The van der Waals surface area contributed by atoms with Crippen molar-refractivity contribution >= 4 is 5.97 Å². The monoisotopic (exact) mass is 172 g/mol. The van der Waals surface area contributed by atoms with Crippen molar-refractivity contribution in [2.75, 3.05) is 0 Å². The SMILES string of the molecule is C=C(C)C.CCC(=O)OC(C)C. The average Bonchev–Trinajstić information content (AvgIpc) is 1.84. The number of esters is 1. The number of hydrogen-bond acceptors (Lipinski definition) is 2. The molecule has 2 nitrogen and oxygen atoms in total. The molecule has 12 heavy (non-hydrogen) atoms. The molecular weight excluding hydrogens is 152 g/mol. The first-order valence-corrected chi connectivity index (χ1v) is 4.21. The van der Waals surface area contributed by atoms with Crippen LogP contribution < -0.4 is 0 Å². The van der Waals surface area contributed by atoms with Crippen molar-refractivity contribution < 1.29 is 9.53 Å². The maximum Gasteiger partial charge on any atom is 0.305 e. The van der Waals surface area contributed by atoms with Crippen LogP contribution in [0.2, 0.25) is 0 Å². The van der Waals surface area contributed by atoms with E-state index >= 15 is 0 Å². The Morgan fingerprint density at radius 1 is 1.42 bits per heavy atom. The summed E-state index contributed by atoms with van der Waals surface area (Å²) < 4.78 is 4.76. The topological polar surface area (TPSA) is 26.3 Å². The van der Waals surface area contributed by atoms with Gasteiger partial charge in [-0.2, -0.15) is 0 Å². The van der Waals surface area contributed by atoms with Gasteiger partial charge in [-0.1, -0.05) is 12.5 Å². The van der Waals surface area contributed by atoms with Crippen LogP contribution in [0.4, 0.5) is 0 Å². The lowest BCUT2D eigenvalue weighted by atomic mass is 10.4. The number of carbonyl (C=O) groups is 1. The first-order chi connectivity index (χ1) is 5.40. The molecule has 0 bridgehead atoms. The standard InChI is InChI=1S/C6H12O2.C4H8/c1-4-6(7)8-5(2)3;1-4(2)3/h5H,4H2,1-3H3;1H2,2-3H3. The van der Waals surface area contributed by atoms with Gasteiger partial charge in [0.2, 0.25) is 0 Å². The fourth-order valence-corrected chi connectivity index (χ4v) is 0.346. The summed E-state index contributed by atoms with van der Waals surface area (Å²) in [6.07, 6.45) is 0.500. The molecule has 0 heterocycles. The third-order valence-electron chi connectivity index (χ3n) is 0.656. The van der Waals surface area contributed by atoms with Gasteiger partial charge in [-0.25, -0.2) is 0 Å². The highest BCUT2D eigenvalue weighted by atomic mass is 16.5. The van der Waals surface area contributed by atoms with Crippen LogP contribution in [0, 0.1) is 0 Å². The fraction of sp³-hybridized carbons (Fsp3) is 0.700. The molecule has 0 saturated heterocycles. The second-order valence-electron chi connectivity index (χ2n) is 3.10. The van der Waals surface area contributed by atoms with Crippen LogP contribution in [0.5, 0.6) is 0 Å². The Labute approximate surface area is 75.6 Å². The minimum Gasteiger partial charge on any atom is -0.463 e. The second kappa shape index (κ2) is 8.31. The summed E-state index contributed by atoms with van der Waals surface area (Å²) in [6.45, 7) is 13.0. The van der Waals surface area contributed by atoms with Gasteiger partial charge in [-0.05, 0) is 27.7 Å². The molecule has 0 radical (unpaired) electrons. The van der Waals surface area contributed by atoms with E-state index in [1.165, 1.54) is 5.57 Å². The zero-order chi connectivity index (χ0) is 10.1. The molecule has 0 atom stereocenters. The molecule has 0 aromatic heterocycles. The van der Waals surface area contributed by atoms with E-state index in [9.17, 15) is 4.79 Å². The lowest BCUT2D eigenvalue weighted by Gasteiger charge is -2.04. The first-order valence-electron chi connectivity index (χ1n) is 4.21. The quantitative estimate of drug-likeness (QED) is 0.473. The molecule has 72 valence electrons. The number of allylic oxidation sites excluding steroid dienone is 1. The molecule has 0 unspecified atom stereocenters. The molecular formula is C10H20O2. The minimum absolute atomic E-state index is 0.0300. The molecule has 0 amide bonds. The van der Waals surface area contributed by atoms with Crippen LogP contribution in [0.15, 0.2) is 12.2 Å². The summed E-state index contributed by atoms with van der Waals surface area (Å²) in [4.78, 5) is 10.4. The van der Waals surface area contributed by atoms with Crippen molar-refractivity contribution in [2.24, 2.45) is 0 Å². The Kier molecular flexibility index (Phi) is 9.54. The van der Waals surface area contributed by atoms with Gasteiger partial charge >= 0.3 is 5.97 Å². The zero-order valence-electron chi connectivity index (χ0n) is 8.81. The molecule has 0 spiro atoms. The van der Waals surface area contributed by atoms with Crippen molar-refractivity contribution in [3.05, 3.63) is 12.2 Å². The van der Waals surface area contributed by atoms with Crippen molar-refractivity contribution in [1.29, 1.82) is 0 Å². The molecule has 0 fully saturated rings. The van der Waals surface area contributed by atoms with E-state index in [0.717, 1.165) is 0 Å². The molecule has 0 aliphatic heterocycles. The molecule has 0 saturated carbocycles. The summed E-state index contributed by atoms with van der Waals surface area (Å²) >= 11 is 0. The summed E-state index contributed by atoms with van der Waals surface area (Å²) in [5.74, 6) is -0.125. The van der Waals surface area contributed by atoms with E-state index in [4.69, 9.17) is 4.74 Å². The number of carbonyl (C=O) groups excluding carboxylic acids is 1. The lowest BCUT2D eigenvalue weighted by molar-refractivity contribution is -0.146. The van der Waals surface area contributed by atoms with Gasteiger partial charge in [0.05, 0.1) is 6.10 Å². The van der Waals surface area contributed by atoms with Crippen LogP contribution in [0.1, 0.15) is 41.0 Å². The van der Waals surface area contributed by atoms with E-state index in [0.29, 0.717) is 6.42 Å². The highest BCUT2D eigenvalue weighted by Gasteiger charge is 1.98. The van der Waals surface area contributed by atoms with E-state index in [1.807, 2.05) is 27.7 Å².